The van der Waals surface area contributed by atoms with Gasteiger partial charge in [0, 0.05) is 6.61 Å². The summed E-state index contributed by atoms with van der Waals surface area (Å²) in [7, 11) is 1.65. The van der Waals surface area contributed by atoms with Crippen LogP contribution in [0, 0.1) is 0 Å². The molecule has 3 heteroatoms. The van der Waals surface area contributed by atoms with Gasteiger partial charge in [-0.05, 0) is 41.8 Å². The molecule has 0 aliphatic heterocycles. The monoisotopic (exact) mass is 258 g/mol. The molecule has 2 aromatic carbocycles. The molecule has 0 saturated carbocycles. The molecule has 19 heavy (non-hydrogen) atoms. The minimum atomic E-state index is 0.171. The summed E-state index contributed by atoms with van der Waals surface area (Å²) in [4.78, 5) is 0. The molecule has 1 N–H and O–H groups in total. The Morgan fingerprint density at radius 2 is 1.74 bits per heavy atom. The molecular formula is C16H18O3. The highest BCUT2D eigenvalue weighted by Gasteiger charge is 1.99. The van der Waals surface area contributed by atoms with Crippen LogP contribution in [0.1, 0.15) is 11.1 Å². The Labute approximate surface area is 113 Å². The third-order valence-corrected chi connectivity index (χ3v) is 2.86. The predicted octanol–water partition coefficient (Wildman–Crippen LogP) is 2.81. The van der Waals surface area contributed by atoms with Gasteiger partial charge in [-0.1, -0.05) is 24.3 Å². The molecule has 0 amide bonds. The fourth-order valence-corrected chi connectivity index (χ4v) is 1.81. The van der Waals surface area contributed by atoms with Crippen LogP contribution >= 0.6 is 0 Å². The van der Waals surface area contributed by atoms with Crippen LogP contribution in [0.25, 0.3) is 0 Å². The maximum atomic E-state index is 8.85. The van der Waals surface area contributed by atoms with Crippen LogP contribution in [-0.4, -0.2) is 18.8 Å². The third kappa shape index (κ3) is 4.00. The lowest BCUT2D eigenvalue weighted by atomic mass is 10.1. The maximum absolute atomic E-state index is 8.85. The molecule has 0 saturated heterocycles. The molecule has 0 fully saturated rings. The standard InChI is InChI=1S/C16H18O3/c1-18-16-4-2-3-14(11-16)12-19-15-7-5-13(6-8-15)9-10-17/h2-8,11,17H,9-10,12H2,1H3. The number of benzene rings is 2. The van der Waals surface area contributed by atoms with Crippen LogP contribution in [0.3, 0.4) is 0 Å². The zero-order valence-corrected chi connectivity index (χ0v) is 11.0. The molecule has 0 radical (unpaired) electrons. The predicted molar refractivity (Wildman–Crippen MR) is 74.6 cm³/mol. The van der Waals surface area contributed by atoms with Gasteiger partial charge in [0.2, 0.25) is 0 Å². The van der Waals surface area contributed by atoms with Gasteiger partial charge in [-0.3, -0.25) is 0 Å². The first kappa shape index (κ1) is 13.4. The van der Waals surface area contributed by atoms with Crippen LogP contribution in [0.15, 0.2) is 48.5 Å². The van der Waals surface area contributed by atoms with Crippen molar-refractivity contribution in [3.63, 3.8) is 0 Å². The van der Waals surface area contributed by atoms with Gasteiger partial charge in [-0.25, -0.2) is 0 Å². The minimum absolute atomic E-state index is 0.171. The molecule has 2 rings (SSSR count). The minimum Gasteiger partial charge on any atom is -0.497 e. The Bertz CT molecular complexity index is 506. The van der Waals surface area contributed by atoms with Crippen molar-refractivity contribution in [2.24, 2.45) is 0 Å². The Morgan fingerprint density at radius 1 is 0.947 bits per heavy atom. The van der Waals surface area contributed by atoms with E-state index in [0.29, 0.717) is 13.0 Å². The number of methoxy groups -OCH3 is 1. The molecule has 0 spiro atoms. The van der Waals surface area contributed by atoms with Crippen molar-refractivity contribution < 1.29 is 14.6 Å². The smallest absolute Gasteiger partial charge is 0.119 e. The highest BCUT2D eigenvalue weighted by Crippen LogP contribution is 2.17. The first-order valence-electron chi connectivity index (χ1n) is 6.27. The Hall–Kier alpha value is -2.00. The SMILES string of the molecule is COc1cccc(COc2ccc(CCO)cc2)c1. The Balaban J connectivity index is 1.94. The Morgan fingerprint density at radius 3 is 2.42 bits per heavy atom. The number of hydrogen-bond acceptors (Lipinski definition) is 3. The van der Waals surface area contributed by atoms with Gasteiger partial charge in [0.1, 0.15) is 18.1 Å². The normalized spacial score (nSPS) is 10.2. The molecule has 3 nitrogen and oxygen atoms in total. The van der Waals surface area contributed by atoms with Crippen molar-refractivity contribution in [2.45, 2.75) is 13.0 Å². The summed E-state index contributed by atoms with van der Waals surface area (Å²) in [5.74, 6) is 1.66. The van der Waals surface area contributed by atoms with E-state index in [9.17, 15) is 0 Å². The molecular weight excluding hydrogens is 240 g/mol. The largest absolute Gasteiger partial charge is 0.497 e. The van der Waals surface area contributed by atoms with E-state index < -0.39 is 0 Å². The molecule has 100 valence electrons. The van der Waals surface area contributed by atoms with Crippen molar-refractivity contribution in [1.82, 2.24) is 0 Å². The van der Waals surface area contributed by atoms with Gasteiger partial charge >= 0.3 is 0 Å². The summed E-state index contributed by atoms with van der Waals surface area (Å²) in [6.45, 7) is 0.681. The van der Waals surface area contributed by atoms with E-state index >= 15 is 0 Å². The van der Waals surface area contributed by atoms with Crippen molar-refractivity contribution in [1.29, 1.82) is 0 Å². The highest BCUT2D eigenvalue weighted by atomic mass is 16.5. The van der Waals surface area contributed by atoms with Crippen molar-refractivity contribution in [3.05, 3.63) is 59.7 Å². The number of rotatable bonds is 6. The van der Waals surface area contributed by atoms with E-state index in [0.717, 1.165) is 22.6 Å². The lowest BCUT2D eigenvalue weighted by Gasteiger charge is -2.08. The molecule has 0 unspecified atom stereocenters. The molecule has 0 heterocycles. The number of aliphatic hydroxyl groups excluding tert-OH is 1. The van der Waals surface area contributed by atoms with Crippen LogP contribution < -0.4 is 9.47 Å². The quantitative estimate of drug-likeness (QED) is 0.866. The highest BCUT2D eigenvalue weighted by molar-refractivity contribution is 5.30. The van der Waals surface area contributed by atoms with Gasteiger partial charge in [0.05, 0.1) is 7.11 Å². The molecule has 0 bridgehead atoms. The summed E-state index contributed by atoms with van der Waals surface area (Å²) < 4.78 is 10.9. The molecule has 0 aliphatic carbocycles. The van der Waals surface area contributed by atoms with Crippen LogP contribution in [0.4, 0.5) is 0 Å². The van der Waals surface area contributed by atoms with Gasteiger partial charge in [0.25, 0.3) is 0 Å². The third-order valence-electron chi connectivity index (χ3n) is 2.86. The molecule has 0 aromatic heterocycles. The average Bonchev–Trinajstić information content (AvgIpc) is 2.47. The van der Waals surface area contributed by atoms with Crippen LogP contribution in [0.2, 0.25) is 0 Å². The van der Waals surface area contributed by atoms with E-state index in [1.807, 2.05) is 48.5 Å². The first-order chi connectivity index (χ1) is 9.31. The zero-order chi connectivity index (χ0) is 13.5. The topological polar surface area (TPSA) is 38.7 Å². The molecule has 0 atom stereocenters. The first-order valence-corrected chi connectivity index (χ1v) is 6.27. The van der Waals surface area contributed by atoms with E-state index in [-0.39, 0.29) is 6.61 Å². The summed E-state index contributed by atoms with van der Waals surface area (Å²) in [5.41, 5.74) is 2.18. The molecule has 0 aliphatic rings. The molecule has 2 aromatic rings. The van der Waals surface area contributed by atoms with Crippen molar-refractivity contribution >= 4 is 0 Å². The van der Waals surface area contributed by atoms with Gasteiger partial charge in [-0.2, -0.15) is 0 Å². The number of hydrogen-bond donors (Lipinski definition) is 1. The summed E-state index contributed by atoms with van der Waals surface area (Å²) in [6, 6.07) is 15.6. The second kappa shape index (κ2) is 6.81. The van der Waals surface area contributed by atoms with E-state index in [1.54, 1.807) is 7.11 Å². The maximum Gasteiger partial charge on any atom is 0.119 e. The van der Waals surface area contributed by atoms with E-state index in [4.69, 9.17) is 14.6 Å². The lowest BCUT2D eigenvalue weighted by Crippen LogP contribution is -1.96. The second-order valence-corrected chi connectivity index (χ2v) is 4.26. The summed E-state index contributed by atoms with van der Waals surface area (Å²) in [6.07, 6.45) is 0.677. The fraction of sp³-hybridized carbons (Fsp3) is 0.250. The summed E-state index contributed by atoms with van der Waals surface area (Å²) in [5, 5.41) is 8.85. The lowest BCUT2D eigenvalue weighted by molar-refractivity contribution is 0.298. The van der Waals surface area contributed by atoms with Crippen molar-refractivity contribution in [2.75, 3.05) is 13.7 Å². The fourth-order valence-electron chi connectivity index (χ4n) is 1.81. The summed E-state index contributed by atoms with van der Waals surface area (Å²) >= 11 is 0. The van der Waals surface area contributed by atoms with Gasteiger partial charge < -0.3 is 14.6 Å². The van der Waals surface area contributed by atoms with Crippen LogP contribution in [0.5, 0.6) is 11.5 Å². The van der Waals surface area contributed by atoms with E-state index in [1.165, 1.54) is 0 Å². The average molecular weight is 258 g/mol. The Kier molecular flexibility index (Phi) is 4.81. The van der Waals surface area contributed by atoms with E-state index in [2.05, 4.69) is 0 Å². The van der Waals surface area contributed by atoms with Gasteiger partial charge in [0.15, 0.2) is 0 Å². The number of ether oxygens (including phenoxy) is 2. The second-order valence-electron chi connectivity index (χ2n) is 4.26. The van der Waals surface area contributed by atoms with Crippen LogP contribution in [-0.2, 0) is 13.0 Å². The van der Waals surface area contributed by atoms with Gasteiger partial charge in [-0.15, -0.1) is 0 Å². The zero-order valence-electron chi connectivity index (χ0n) is 11.0. The number of aliphatic hydroxyl groups is 1. The van der Waals surface area contributed by atoms with Crippen molar-refractivity contribution in [3.8, 4) is 11.5 Å².